The van der Waals surface area contributed by atoms with Crippen LogP contribution in [-0.4, -0.2) is 46.4 Å². The molecule has 2 heterocycles. The maximum Gasteiger partial charge on any atom is 0.325 e. The first-order valence-electron chi connectivity index (χ1n) is 10.3. The quantitative estimate of drug-likeness (QED) is 0.567. The van der Waals surface area contributed by atoms with E-state index in [9.17, 15) is 14.4 Å². The number of aromatic nitrogens is 1. The molecular formula is C22H30N4O3. The molecule has 0 unspecified atom stereocenters. The van der Waals surface area contributed by atoms with E-state index in [0.29, 0.717) is 12.3 Å². The van der Waals surface area contributed by atoms with Gasteiger partial charge in [-0.25, -0.2) is 4.79 Å². The number of carbonyl (C=O) groups is 3. The Hall–Kier alpha value is -2.83. The summed E-state index contributed by atoms with van der Waals surface area (Å²) in [6.45, 7) is 6.05. The first-order chi connectivity index (χ1) is 13.8. The van der Waals surface area contributed by atoms with Crippen molar-refractivity contribution in [2.45, 2.75) is 58.5 Å². The SMILES string of the molecule is CC(C)CCC[C@@H](C)NC(=O)CN1C(=O)N[C@@H](Cc2c[nH]c3ccccc23)C1=O. The van der Waals surface area contributed by atoms with E-state index in [4.69, 9.17) is 0 Å². The zero-order chi connectivity index (χ0) is 21.0. The van der Waals surface area contributed by atoms with Crippen LogP contribution in [0.4, 0.5) is 4.79 Å². The van der Waals surface area contributed by atoms with Crippen molar-refractivity contribution in [1.82, 2.24) is 20.5 Å². The number of carbonyl (C=O) groups excluding carboxylic acids is 3. The minimum atomic E-state index is -0.655. The molecule has 3 N–H and O–H groups in total. The Morgan fingerprint density at radius 3 is 2.69 bits per heavy atom. The topological polar surface area (TPSA) is 94.3 Å². The van der Waals surface area contributed by atoms with Gasteiger partial charge in [0.1, 0.15) is 12.6 Å². The molecule has 7 nitrogen and oxygen atoms in total. The molecule has 0 saturated carbocycles. The van der Waals surface area contributed by atoms with Crippen molar-refractivity contribution < 1.29 is 14.4 Å². The summed E-state index contributed by atoms with van der Waals surface area (Å²) in [5.41, 5.74) is 1.95. The van der Waals surface area contributed by atoms with Gasteiger partial charge in [-0.1, -0.05) is 44.9 Å². The second-order valence-electron chi connectivity index (χ2n) is 8.28. The Balaban J connectivity index is 1.54. The summed E-state index contributed by atoms with van der Waals surface area (Å²) >= 11 is 0. The van der Waals surface area contributed by atoms with E-state index in [1.54, 1.807) is 0 Å². The number of aromatic amines is 1. The van der Waals surface area contributed by atoms with Crippen molar-refractivity contribution in [3.63, 3.8) is 0 Å². The maximum atomic E-state index is 12.7. The van der Waals surface area contributed by atoms with Crippen LogP contribution >= 0.6 is 0 Å². The molecule has 156 valence electrons. The van der Waals surface area contributed by atoms with Gasteiger partial charge in [0.05, 0.1) is 0 Å². The highest BCUT2D eigenvalue weighted by atomic mass is 16.2. The first kappa shape index (κ1) is 20.9. The lowest BCUT2D eigenvalue weighted by atomic mass is 10.0. The van der Waals surface area contributed by atoms with Crippen LogP contribution in [-0.2, 0) is 16.0 Å². The van der Waals surface area contributed by atoms with Crippen molar-refractivity contribution >= 4 is 28.7 Å². The number of hydrogen-bond donors (Lipinski definition) is 3. The Morgan fingerprint density at radius 2 is 1.93 bits per heavy atom. The van der Waals surface area contributed by atoms with Crippen molar-refractivity contribution in [3.05, 3.63) is 36.0 Å². The van der Waals surface area contributed by atoms with Crippen LogP contribution in [0.5, 0.6) is 0 Å². The third-order valence-corrected chi connectivity index (χ3v) is 5.33. The molecule has 1 aliphatic rings. The molecule has 3 rings (SSSR count). The van der Waals surface area contributed by atoms with Gasteiger partial charge in [0, 0.05) is 29.6 Å². The maximum absolute atomic E-state index is 12.7. The number of rotatable bonds is 9. The molecule has 0 radical (unpaired) electrons. The Kier molecular flexibility index (Phi) is 6.56. The van der Waals surface area contributed by atoms with Gasteiger partial charge in [-0.05, 0) is 30.9 Å². The number of fused-ring (bicyclic) bond motifs is 1. The molecule has 4 amide bonds. The van der Waals surface area contributed by atoms with Crippen LogP contribution in [0.3, 0.4) is 0 Å². The third-order valence-electron chi connectivity index (χ3n) is 5.33. The van der Waals surface area contributed by atoms with Crippen LogP contribution < -0.4 is 10.6 Å². The number of imide groups is 1. The minimum absolute atomic E-state index is 0.0176. The number of nitrogens with zero attached hydrogens (tertiary/aromatic N) is 1. The van der Waals surface area contributed by atoms with E-state index >= 15 is 0 Å². The van der Waals surface area contributed by atoms with Gasteiger partial charge in [0.15, 0.2) is 0 Å². The van der Waals surface area contributed by atoms with Gasteiger partial charge in [0.25, 0.3) is 5.91 Å². The van der Waals surface area contributed by atoms with Gasteiger partial charge < -0.3 is 15.6 Å². The van der Waals surface area contributed by atoms with E-state index in [-0.39, 0.29) is 24.4 Å². The van der Waals surface area contributed by atoms with Crippen LogP contribution in [0.25, 0.3) is 10.9 Å². The molecule has 1 aromatic heterocycles. The first-order valence-corrected chi connectivity index (χ1v) is 10.3. The Labute approximate surface area is 171 Å². The molecule has 2 atom stereocenters. The molecule has 0 spiro atoms. The lowest BCUT2D eigenvalue weighted by Crippen LogP contribution is -2.43. The summed E-state index contributed by atoms with van der Waals surface area (Å²) < 4.78 is 0. The number of nitrogens with one attached hydrogen (secondary N) is 3. The van der Waals surface area contributed by atoms with Crippen molar-refractivity contribution in [3.8, 4) is 0 Å². The number of amides is 4. The van der Waals surface area contributed by atoms with E-state index in [1.165, 1.54) is 0 Å². The smallest absolute Gasteiger partial charge is 0.325 e. The highest BCUT2D eigenvalue weighted by Crippen LogP contribution is 2.21. The van der Waals surface area contributed by atoms with Gasteiger partial charge in [-0.2, -0.15) is 0 Å². The normalized spacial score (nSPS) is 17.8. The van der Waals surface area contributed by atoms with E-state index in [1.807, 2.05) is 37.4 Å². The molecule has 7 heteroatoms. The van der Waals surface area contributed by atoms with Crippen LogP contribution in [0.1, 0.15) is 45.6 Å². The number of H-pyrrole nitrogens is 1. The fraction of sp³-hybridized carbons (Fsp3) is 0.500. The molecule has 1 saturated heterocycles. The molecule has 1 aliphatic heterocycles. The van der Waals surface area contributed by atoms with Gasteiger partial charge in [-0.3, -0.25) is 14.5 Å². The summed E-state index contributed by atoms with van der Waals surface area (Å²) in [5.74, 6) is -0.0286. The molecule has 0 bridgehead atoms. The van der Waals surface area contributed by atoms with E-state index < -0.39 is 12.1 Å². The van der Waals surface area contributed by atoms with Crippen LogP contribution in [0, 0.1) is 5.92 Å². The fourth-order valence-corrected chi connectivity index (χ4v) is 3.75. The van der Waals surface area contributed by atoms with Gasteiger partial charge >= 0.3 is 6.03 Å². The molecule has 1 fully saturated rings. The fourth-order valence-electron chi connectivity index (χ4n) is 3.75. The zero-order valence-corrected chi connectivity index (χ0v) is 17.3. The standard InChI is InChI=1S/C22H30N4O3/c1-14(2)7-6-8-15(3)24-20(27)13-26-21(28)19(25-22(26)29)11-16-12-23-18-10-5-4-9-17(16)18/h4-5,9-10,12,14-15,19,23H,6-8,11,13H2,1-3H3,(H,24,27)(H,25,29)/t15-,19+/m1/s1. The van der Waals surface area contributed by atoms with Gasteiger partial charge in [0.2, 0.25) is 5.91 Å². The number of hydrogen-bond acceptors (Lipinski definition) is 3. The number of para-hydroxylation sites is 1. The van der Waals surface area contributed by atoms with E-state index in [2.05, 4.69) is 29.5 Å². The molecule has 0 aliphatic carbocycles. The predicted octanol–water partition coefficient (Wildman–Crippen LogP) is 2.96. The second kappa shape index (κ2) is 9.11. The van der Waals surface area contributed by atoms with Crippen LogP contribution in [0.2, 0.25) is 0 Å². The number of benzene rings is 1. The predicted molar refractivity (Wildman–Crippen MR) is 112 cm³/mol. The monoisotopic (exact) mass is 398 g/mol. The van der Waals surface area contributed by atoms with Gasteiger partial charge in [-0.15, -0.1) is 0 Å². The van der Waals surface area contributed by atoms with Crippen LogP contribution in [0.15, 0.2) is 30.5 Å². The largest absolute Gasteiger partial charge is 0.361 e. The highest BCUT2D eigenvalue weighted by Gasteiger charge is 2.39. The zero-order valence-electron chi connectivity index (χ0n) is 17.3. The lowest BCUT2D eigenvalue weighted by molar-refractivity contribution is -0.132. The Bertz CT molecular complexity index is 889. The number of urea groups is 1. The second-order valence-corrected chi connectivity index (χ2v) is 8.28. The summed E-state index contributed by atoms with van der Waals surface area (Å²) in [4.78, 5) is 41.5. The average Bonchev–Trinajstić information content (AvgIpc) is 3.18. The van der Waals surface area contributed by atoms with Crippen molar-refractivity contribution in [2.24, 2.45) is 5.92 Å². The van der Waals surface area contributed by atoms with E-state index in [0.717, 1.165) is 40.6 Å². The molecule has 2 aromatic rings. The minimum Gasteiger partial charge on any atom is -0.361 e. The molecule has 29 heavy (non-hydrogen) atoms. The summed E-state index contributed by atoms with van der Waals surface area (Å²) in [7, 11) is 0. The third kappa shape index (κ3) is 5.16. The van der Waals surface area contributed by atoms with Crippen molar-refractivity contribution in [2.75, 3.05) is 6.54 Å². The summed E-state index contributed by atoms with van der Waals surface area (Å²) in [5, 5.41) is 6.62. The average molecular weight is 399 g/mol. The molecule has 1 aromatic carbocycles. The Morgan fingerprint density at radius 1 is 1.17 bits per heavy atom. The molecular weight excluding hydrogens is 368 g/mol. The van der Waals surface area contributed by atoms with Crippen molar-refractivity contribution in [1.29, 1.82) is 0 Å². The highest BCUT2D eigenvalue weighted by molar-refractivity contribution is 6.06. The summed E-state index contributed by atoms with van der Waals surface area (Å²) in [6, 6.07) is 6.67. The summed E-state index contributed by atoms with van der Waals surface area (Å²) in [6.07, 6.45) is 5.28. The lowest BCUT2D eigenvalue weighted by Gasteiger charge is -2.17.